The first-order valence-electron chi connectivity index (χ1n) is 9.53. The van der Waals surface area contributed by atoms with Crippen molar-refractivity contribution in [3.63, 3.8) is 0 Å². The molecule has 1 aliphatic heterocycles. The first-order chi connectivity index (χ1) is 14.3. The first-order valence-corrected chi connectivity index (χ1v) is 11.2. The van der Waals surface area contributed by atoms with Crippen LogP contribution in [0.15, 0.2) is 23.7 Å². The van der Waals surface area contributed by atoms with E-state index in [0.29, 0.717) is 14.9 Å². The summed E-state index contributed by atoms with van der Waals surface area (Å²) in [5.41, 5.74) is 0. The summed E-state index contributed by atoms with van der Waals surface area (Å²) in [4.78, 5) is 40.8. The number of carbonyl (C=O) groups excluding carboxylic acids is 3. The Labute approximate surface area is 182 Å². The van der Waals surface area contributed by atoms with E-state index in [0.717, 1.165) is 0 Å². The quantitative estimate of drug-likeness (QED) is 0.504. The van der Waals surface area contributed by atoms with Crippen LogP contribution in [0.2, 0.25) is 0 Å². The van der Waals surface area contributed by atoms with Gasteiger partial charge in [0.1, 0.15) is 12.7 Å². The summed E-state index contributed by atoms with van der Waals surface area (Å²) in [5.74, 6) is -0.972. The summed E-state index contributed by atoms with van der Waals surface area (Å²) in [6.07, 6.45) is -0.121. The molecule has 162 valence electrons. The van der Waals surface area contributed by atoms with E-state index in [-0.39, 0.29) is 36.3 Å². The maximum atomic E-state index is 12.5. The molecule has 1 N–H and O–H groups in total. The molecule has 1 aliphatic rings. The van der Waals surface area contributed by atoms with Gasteiger partial charge in [-0.2, -0.15) is 0 Å². The third kappa shape index (κ3) is 5.24. The van der Waals surface area contributed by atoms with Crippen molar-refractivity contribution in [3.05, 3.63) is 33.5 Å². The van der Waals surface area contributed by atoms with Gasteiger partial charge in [-0.3, -0.25) is 14.4 Å². The highest BCUT2D eigenvalue weighted by Crippen LogP contribution is 2.34. The minimum Gasteiger partial charge on any atom is -0.463 e. The Bertz CT molecular complexity index is 895. The summed E-state index contributed by atoms with van der Waals surface area (Å²) in [6.45, 7) is 6.72. The molecule has 1 fully saturated rings. The molecule has 10 heteroatoms. The molecule has 2 aromatic rings. The number of rotatable bonds is 7. The van der Waals surface area contributed by atoms with Gasteiger partial charge in [-0.05, 0) is 17.4 Å². The molecule has 8 nitrogen and oxygen atoms in total. The maximum absolute atomic E-state index is 12.5. The molecule has 0 aliphatic carbocycles. The fourth-order valence-corrected chi connectivity index (χ4v) is 4.81. The zero-order valence-corrected chi connectivity index (χ0v) is 18.7. The van der Waals surface area contributed by atoms with Gasteiger partial charge in [0.25, 0.3) is 0 Å². The van der Waals surface area contributed by atoms with Gasteiger partial charge in [-0.15, -0.1) is 11.3 Å². The van der Waals surface area contributed by atoms with Gasteiger partial charge in [-0.25, -0.2) is 4.98 Å². The van der Waals surface area contributed by atoms with E-state index in [2.05, 4.69) is 10.3 Å². The topological polar surface area (TPSA) is 104 Å². The lowest BCUT2D eigenvalue weighted by Crippen LogP contribution is -2.55. The van der Waals surface area contributed by atoms with E-state index in [1.54, 1.807) is 6.07 Å². The summed E-state index contributed by atoms with van der Waals surface area (Å²) in [7, 11) is 0. The van der Waals surface area contributed by atoms with Crippen LogP contribution in [0.1, 0.15) is 42.2 Å². The highest BCUT2D eigenvalue weighted by molar-refractivity contribution is 7.19. The second kappa shape index (κ2) is 9.67. The smallest absolute Gasteiger partial charge is 0.303 e. The number of nitrogens with one attached hydrogen (secondary N) is 1. The zero-order valence-electron chi connectivity index (χ0n) is 17.1. The highest BCUT2D eigenvalue weighted by Gasteiger charge is 2.44. The lowest BCUT2D eigenvalue weighted by Gasteiger charge is -2.43. The van der Waals surface area contributed by atoms with Crippen LogP contribution in [0.25, 0.3) is 0 Å². The average molecular weight is 453 g/mol. The number of ketones is 1. The Balaban J connectivity index is 1.77. The van der Waals surface area contributed by atoms with Crippen molar-refractivity contribution >= 4 is 45.5 Å². The number of hydrogen-bond acceptors (Lipinski definition) is 10. The van der Waals surface area contributed by atoms with Gasteiger partial charge in [0.2, 0.25) is 5.78 Å². The molecule has 1 saturated heterocycles. The normalized spacial score (nSPS) is 26.1. The van der Waals surface area contributed by atoms with Gasteiger partial charge < -0.3 is 19.5 Å². The maximum Gasteiger partial charge on any atom is 0.303 e. The van der Waals surface area contributed by atoms with E-state index in [1.807, 2.05) is 25.3 Å². The monoisotopic (exact) mass is 452 g/mol. The van der Waals surface area contributed by atoms with E-state index >= 15 is 0 Å². The minimum absolute atomic E-state index is 0.0148. The van der Waals surface area contributed by atoms with E-state index < -0.39 is 18.3 Å². The summed E-state index contributed by atoms with van der Waals surface area (Å²) in [5, 5.41) is 5.47. The number of esters is 2. The van der Waals surface area contributed by atoms with Crippen molar-refractivity contribution in [2.75, 3.05) is 11.9 Å². The lowest BCUT2D eigenvalue weighted by atomic mass is 9.83. The molecule has 0 amide bonds. The number of hydrogen-bond donors (Lipinski definition) is 1. The average Bonchev–Trinajstić information content (AvgIpc) is 3.38. The predicted octanol–water partition coefficient (Wildman–Crippen LogP) is 3.34. The van der Waals surface area contributed by atoms with Crippen LogP contribution in [0.3, 0.4) is 0 Å². The number of ether oxygens (including phenoxy) is 3. The Kier molecular flexibility index (Phi) is 7.22. The number of thiophene rings is 1. The van der Waals surface area contributed by atoms with E-state index in [1.165, 1.54) is 42.7 Å². The fraction of sp³-hybridized carbons (Fsp3) is 0.500. The Morgan fingerprint density at radius 2 is 1.93 bits per heavy atom. The number of nitrogens with zero attached hydrogens (tertiary/aromatic N) is 1. The van der Waals surface area contributed by atoms with Gasteiger partial charge in [0.05, 0.1) is 22.1 Å². The Morgan fingerprint density at radius 3 is 2.57 bits per heavy atom. The largest absolute Gasteiger partial charge is 0.463 e. The number of carbonyl (C=O) groups is 3. The molecule has 0 spiro atoms. The third-order valence-electron chi connectivity index (χ3n) is 5.05. The second-order valence-electron chi connectivity index (χ2n) is 7.17. The van der Waals surface area contributed by atoms with Crippen LogP contribution in [0.5, 0.6) is 0 Å². The first kappa shape index (κ1) is 22.4. The van der Waals surface area contributed by atoms with Crippen molar-refractivity contribution in [1.29, 1.82) is 0 Å². The van der Waals surface area contributed by atoms with Gasteiger partial charge in [-0.1, -0.05) is 31.3 Å². The third-order valence-corrected chi connectivity index (χ3v) is 6.84. The van der Waals surface area contributed by atoms with Crippen LogP contribution >= 0.6 is 22.7 Å². The summed E-state index contributed by atoms with van der Waals surface area (Å²) >= 11 is 2.58. The van der Waals surface area contributed by atoms with Gasteiger partial charge in [0.15, 0.2) is 11.4 Å². The Morgan fingerprint density at radius 1 is 1.17 bits per heavy atom. The Hall–Kier alpha value is -2.30. The molecule has 2 unspecified atom stereocenters. The molecule has 5 atom stereocenters. The SMILES string of the molecule is CC(=O)OCC1O[C@H](Nc2ncc(C(=O)c3cccs3)s2)C(OC(C)=O)[C@@H](C)[C@@H]1C. The number of aromatic nitrogens is 1. The molecular formula is C20H24N2O6S2. The molecule has 0 saturated carbocycles. The second-order valence-corrected chi connectivity index (χ2v) is 9.15. The molecular weight excluding hydrogens is 428 g/mol. The molecule has 0 aromatic carbocycles. The molecule has 2 aromatic heterocycles. The van der Waals surface area contributed by atoms with Crippen molar-refractivity contribution in [2.24, 2.45) is 11.8 Å². The standard InChI is InChI=1S/C20H24N2O6S2/c1-10-11(2)18(27-13(4)24)19(28-14(10)9-26-12(3)23)22-20-21-8-16(30-20)17(25)15-6-5-7-29-15/h5-8,10-11,14,18-19H,9H2,1-4H3,(H,21,22)/t10-,11-,14?,18?,19-/m0/s1. The fourth-order valence-electron chi connectivity index (χ4n) is 3.27. The van der Waals surface area contributed by atoms with Crippen molar-refractivity contribution in [1.82, 2.24) is 4.98 Å². The molecule has 3 rings (SSSR count). The molecule has 0 bridgehead atoms. The van der Waals surface area contributed by atoms with Crippen LogP contribution < -0.4 is 5.32 Å². The van der Waals surface area contributed by atoms with Crippen LogP contribution in [0, 0.1) is 11.8 Å². The molecule has 30 heavy (non-hydrogen) atoms. The van der Waals surface area contributed by atoms with Crippen LogP contribution in [-0.4, -0.2) is 47.7 Å². The zero-order chi connectivity index (χ0) is 21.8. The van der Waals surface area contributed by atoms with Crippen molar-refractivity contribution < 1.29 is 28.6 Å². The van der Waals surface area contributed by atoms with E-state index in [4.69, 9.17) is 14.2 Å². The summed E-state index contributed by atoms with van der Waals surface area (Å²) < 4.78 is 16.8. The summed E-state index contributed by atoms with van der Waals surface area (Å²) in [6, 6.07) is 3.59. The van der Waals surface area contributed by atoms with Gasteiger partial charge >= 0.3 is 11.9 Å². The molecule has 0 radical (unpaired) electrons. The van der Waals surface area contributed by atoms with E-state index in [9.17, 15) is 14.4 Å². The predicted molar refractivity (Wildman–Crippen MR) is 113 cm³/mol. The van der Waals surface area contributed by atoms with Crippen LogP contribution in [-0.2, 0) is 23.8 Å². The highest BCUT2D eigenvalue weighted by atomic mass is 32.1. The van der Waals surface area contributed by atoms with Crippen molar-refractivity contribution in [2.45, 2.75) is 46.1 Å². The lowest BCUT2D eigenvalue weighted by molar-refractivity contribution is -0.197. The van der Waals surface area contributed by atoms with Gasteiger partial charge in [0, 0.05) is 19.8 Å². The van der Waals surface area contributed by atoms with Crippen molar-refractivity contribution in [3.8, 4) is 0 Å². The van der Waals surface area contributed by atoms with Crippen LogP contribution in [0.4, 0.5) is 5.13 Å². The minimum atomic E-state index is -0.698. The number of thiazole rings is 1. The molecule has 3 heterocycles. The number of anilines is 1.